The van der Waals surface area contributed by atoms with Crippen LogP contribution in [0.5, 0.6) is 0 Å². The molecule has 0 radical (unpaired) electrons. The number of carbonyl (C=O) groups excluding carboxylic acids is 2. The predicted molar refractivity (Wildman–Crippen MR) is 88.9 cm³/mol. The Kier molecular flexibility index (Phi) is 3.45. The summed E-state index contributed by atoms with van der Waals surface area (Å²) in [7, 11) is 0. The van der Waals surface area contributed by atoms with Gasteiger partial charge in [0.1, 0.15) is 0 Å². The van der Waals surface area contributed by atoms with Crippen LogP contribution < -0.4 is 10.6 Å². The molecule has 0 bridgehead atoms. The van der Waals surface area contributed by atoms with E-state index in [2.05, 4.69) is 20.6 Å². The van der Waals surface area contributed by atoms with Crippen LogP contribution in [0.2, 0.25) is 0 Å². The third-order valence-electron chi connectivity index (χ3n) is 3.98. The fraction of sp³-hybridized carbons (Fsp3) is 0.176. The molecule has 2 aromatic heterocycles. The second-order valence-electron chi connectivity index (χ2n) is 5.60. The van der Waals surface area contributed by atoms with E-state index in [0.29, 0.717) is 35.7 Å². The first-order valence-electron chi connectivity index (χ1n) is 7.72. The smallest absolute Gasteiger partial charge is 0.287 e. The Morgan fingerprint density at radius 1 is 1.29 bits per heavy atom. The van der Waals surface area contributed by atoms with Gasteiger partial charge in [-0.1, -0.05) is 0 Å². The Bertz CT molecular complexity index is 933. The number of nitrogens with zero attached hydrogens (tertiary/aromatic N) is 3. The summed E-state index contributed by atoms with van der Waals surface area (Å²) in [5.41, 5.74) is 2.65. The first-order valence-corrected chi connectivity index (χ1v) is 7.72. The van der Waals surface area contributed by atoms with Crippen LogP contribution in [0.15, 0.2) is 42.7 Å². The van der Waals surface area contributed by atoms with Crippen LogP contribution in [-0.4, -0.2) is 32.9 Å². The Balaban J connectivity index is 1.71. The summed E-state index contributed by atoms with van der Waals surface area (Å²) in [5.74, 6) is -0.00379. The highest BCUT2D eigenvalue weighted by Crippen LogP contribution is 2.20. The van der Waals surface area contributed by atoms with E-state index >= 15 is 0 Å². The fourth-order valence-corrected chi connectivity index (χ4v) is 2.82. The van der Waals surface area contributed by atoms with Crippen LogP contribution in [0, 0.1) is 0 Å². The van der Waals surface area contributed by atoms with Crippen molar-refractivity contribution in [2.45, 2.75) is 13.0 Å². The molecule has 0 aliphatic carbocycles. The van der Waals surface area contributed by atoms with Crippen molar-refractivity contribution in [3.8, 4) is 0 Å². The van der Waals surface area contributed by atoms with E-state index < -0.39 is 0 Å². The van der Waals surface area contributed by atoms with E-state index in [-0.39, 0.29) is 11.8 Å². The lowest BCUT2D eigenvalue weighted by Gasteiger charge is -2.06. The van der Waals surface area contributed by atoms with Crippen molar-refractivity contribution >= 4 is 28.5 Å². The number of fused-ring (bicyclic) bond motifs is 3. The van der Waals surface area contributed by atoms with Gasteiger partial charge in [-0.15, -0.1) is 0 Å². The van der Waals surface area contributed by atoms with Crippen molar-refractivity contribution in [2.24, 2.45) is 0 Å². The number of carbonyl (C=O) groups is 2. The number of aromatic nitrogens is 3. The quantitative estimate of drug-likeness (QED) is 0.753. The summed E-state index contributed by atoms with van der Waals surface area (Å²) >= 11 is 0. The average Bonchev–Trinajstić information content (AvgIpc) is 2.87. The summed E-state index contributed by atoms with van der Waals surface area (Å²) in [4.78, 5) is 32.9. The van der Waals surface area contributed by atoms with Crippen LogP contribution in [0.1, 0.15) is 27.4 Å². The number of rotatable bonds is 2. The van der Waals surface area contributed by atoms with E-state index in [1.54, 1.807) is 42.7 Å². The van der Waals surface area contributed by atoms with Gasteiger partial charge in [0.2, 0.25) is 0 Å². The Morgan fingerprint density at radius 2 is 2.21 bits per heavy atom. The lowest BCUT2D eigenvalue weighted by Crippen LogP contribution is -2.23. The summed E-state index contributed by atoms with van der Waals surface area (Å²) in [6.45, 7) is 1.32. The molecule has 1 aliphatic rings. The molecule has 2 amide bonds. The van der Waals surface area contributed by atoms with Gasteiger partial charge in [-0.2, -0.15) is 0 Å². The number of imidazole rings is 1. The minimum Gasteiger partial charge on any atom is -0.349 e. The maximum absolute atomic E-state index is 12.4. The highest BCUT2D eigenvalue weighted by molar-refractivity contribution is 6.06. The molecule has 3 aromatic rings. The normalized spacial score (nSPS) is 13.9. The van der Waals surface area contributed by atoms with E-state index in [9.17, 15) is 9.59 Å². The second kappa shape index (κ2) is 5.77. The molecule has 120 valence electrons. The average molecular weight is 321 g/mol. The van der Waals surface area contributed by atoms with Gasteiger partial charge in [0.05, 0.1) is 22.9 Å². The molecule has 0 unspecified atom stereocenters. The van der Waals surface area contributed by atoms with Gasteiger partial charge >= 0.3 is 0 Å². The molecule has 7 nitrogen and oxygen atoms in total. The van der Waals surface area contributed by atoms with Gasteiger partial charge in [0, 0.05) is 24.8 Å². The zero-order valence-electron chi connectivity index (χ0n) is 12.8. The lowest BCUT2D eigenvalue weighted by molar-refractivity contribution is 0.0945. The molecule has 0 saturated carbocycles. The SMILES string of the molecule is O=C(Nc1cccnc1)c1ccc2nc3n(c2c1)CCCNC3=O. The molecule has 0 spiro atoms. The second-order valence-corrected chi connectivity index (χ2v) is 5.60. The number of aryl methyl sites for hydroxylation is 1. The van der Waals surface area contributed by atoms with Gasteiger partial charge in [-0.25, -0.2) is 4.98 Å². The number of nitrogens with one attached hydrogen (secondary N) is 2. The van der Waals surface area contributed by atoms with Crippen LogP contribution in [0.4, 0.5) is 5.69 Å². The number of anilines is 1. The molecule has 1 aromatic carbocycles. The molecule has 24 heavy (non-hydrogen) atoms. The van der Waals surface area contributed by atoms with Crippen molar-refractivity contribution in [3.63, 3.8) is 0 Å². The van der Waals surface area contributed by atoms with E-state index in [1.165, 1.54) is 0 Å². The largest absolute Gasteiger partial charge is 0.349 e. The molecule has 2 N–H and O–H groups in total. The third-order valence-corrected chi connectivity index (χ3v) is 3.98. The van der Waals surface area contributed by atoms with Crippen LogP contribution in [-0.2, 0) is 6.54 Å². The monoisotopic (exact) mass is 321 g/mol. The molecule has 1 aliphatic heterocycles. The topological polar surface area (TPSA) is 88.9 Å². The summed E-state index contributed by atoms with van der Waals surface area (Å²) in [5, 5.41) is 5.63. The predicted octanol–water partition coefficient (Wildman–Crippen LogP) is 1.82. The van der Waals surface area contributed by atoms with Gasteiger partial charge in [-0.05, 0) is 36.8 Å². The summed E-state index contributed by atoms with van der Waals surface area (Å²) < 4.78 is 1.87. The zero-order chi connectivity index (χ0) is 16.5. The minimum atomic E-state index is -0.224. The van der Waals surface area contributed by atoms with Crippen LogP contribution in [0.3, 0.4) is 0 Å². The summed E-state index contributed by atoms with van der Waals surface area (Å²) in [6.07, 6.45) is 4.07. The maximum atomic E-state index is 12.4. The van der Waals surface area contributed by atoms with Gasteiger partial charge in [0.25, 0.3) is 11.8 Å². The van der Waals surface area contributed by atoms with E-state index in [1.807, 2.05) is 4.57 Å². The molecule has 0 saturated heterocycles. The third kappa shape index (κ3) is 2.50. The van der Waals surface area contributed by atoms with Gasteiger partial charge in [0.15, 0.2) is 5.82 Å². The molecular formula is C17H15N5O2. The maximum Gasteiger partial charge on any atom is 0.287 e. The number of pyridine rings is 1. The zero-order valence-corrected chi connectivity index (χ0v) is 12.8. The molecular weight excluding hydrogens is 306 g/mol. The first kappa shape index (κ1) is 14.4. The summed E-state index contributed by atoms with van der Waals surface area (Å²) in [6, 6.07) is 8.78. The fourth-order valence-electron chi connectivity index (χ4n) is 2.82. The minimum absolute atomic E-state index is 0.176. The molecule has 3 heterocycles. The first-order chi connectivity index (χ1) is 11.7. The highest BCUT2D eigenvalue weighted by atomic mass is 16.2. The Labute approximate surface area is 137 Å². The Morgan fingerprint density at radius 3 is 3.04 bits per heavy atom. The number of amides is 2. The van der Waals surface area contributed by atoms with E-state index in [4.69, 9.17) is 0 Å². The van der Waals surface area contributed by atoms with Crippen molar-refractivity contribution in [3.05, 3.63) is 54.1 Å². The van der Waals surface area contributed by atoms with Crippen molar-refractivity contribution < 1.29 is 9.59 Å². The van der Waals surface area contributed by atoms with Crippen molar-refractivity contribution in [1.29, 1.82) is 0 Å². The molecule has 4 rings (SSSR count). The van der Waals surface area contributed by atoms with Crippen molar-refractivity contribution in [1.82, 2.24) is 19.9 Å². The number of benzene rings is 1. The molecule has 0 fully saturated rings. The lowest BCUT2D eigenvalue weighted by atomic mass is 10.2. The highest BCUT2D eigenvalue weighted by Gasteiger charge is 2.20. The van der Waals surface area contributed by atoms with Crippen LogP contribution in [0.25, 0.3) is 11.0 Å². The number of hydrogen-bond acceptors (Lipinski definition) is 4. The van der Waals surface area contributed by atoms with Crippen LogP contribution >= 0.6 is 0 Å². The number of hydrogen-bond donors (Lipinski definition) is 2. The van der Waals surface area contributed by atoms with Gasteiger partial charge < -0.3 is 15.2 Å². The standard InChI is InChI=1S/C17H15N5O2/c23-16(20-12-3-1-6-18-10-12)11-4-5-13-14(9-11)22-8-2-7-19-17(24)15(22)21-13/h1,3-6,9-10H,2,7-8H2,(H,19,24)(H,20,23). The Hall–Kier alpha value is -3.22. The molecule has 0 atom stereocenters. The van der Waals surface area contributed by atoms with Gasteiger partial charge in [-0.3, -0.25) is 14.6 Å². The van der Waals surface area contributed by atoms with E-state index in [0.717, 1.165) is 11.9 Å². The van der Waals surface area contributed by atoms with Crippen molar-refractivity contribution in [2.75, 3.05) is 11.9 Å². The molecule has 7 heteroatoms.